The molecule has 1 amide bonds. The number of nitrogens with zero attached hydrogens (tertiary/aromatic N) is 2. The highest BCUT2D eigenvalue weighted by Crippen LogP contribution is 2.32. The first kappa shape index (κ1) is 13.8. The minimum absolute atomic E-state index is 0.00264. The van der Waals surface area contributed by atoms with Crippen molar-refractivity contribution in [3.8, 4) is 0 Å². The number of rotatable bonds is 3. The van der Waals surface area contributed by atoms with Crippen LogP contribution >= 0.6 is 0 Å². The van der Waals surface area contributed by atoms with Gasteiger partial charge < -0.3 is 9.42 Å². The van der Waals surface area contributed by atoms with Crippen molar-refractivity contribution in [2.75, 3.05) is 6.54 Å². The van der Waals surface area contributed by atoms with E-state index in [0.29, 0.717) is 12.1 Å². The molecule has 1 saturated heterocycles. The summed E-state index contributed by atoms with van der Waals surface area (Å²) in [5.41, 5.74) is 1.51. The van der Waals surface area contributed by atoms with Crippen LogP contribution in [0.2, 0.25) is 0 Å². The highest BCUT2D eigenvalue weighted by molar-refractivity contribution is 5.79. The van der Waals surface area contributed by atoms with E-state index < -0.39 is 0 Å². The van der Waals surface area contributed by atoms with Gasteiger partial charge in [0.2, 0.25) is 5.91 Å². The van der Waals surface area contributed by atoms with Crippen molar-refractivity contribution in [3.63, 3.8) is 0 Å². The average Bonchev–Trinajstić information content (AvgIpc) is 3.06. The Morgan fingerprint density at radius 1 is 1.48 bits per heavy atom. The van der Waals surface area contributed by atoms with Gasteiger partial charge in [0.25, 0.3) is 0 Å². The molecule has 1 atom stereocenters. The van der Waals surface area contributed by atoms with E-state index in [1.807, 2.05) is 17.9 Å². The number of hydrogen-bond acceptors (Lipinski definition) is 3. The van der Waals surface area contributed by atoms with Crippen molar-refractivity contribution >= 4 is 5.91 Å². The summed E-state index contributed by atoms with van der Waals surface area (Å²) in [6.45, 7) is 2.57. The molecule has 3 rings (SSSR count). The molecule has 110 valence electrons. The second-order valence-corrected chi connectivity index (χ2v) is 5.42. The number of hydrogen-bond donors (Lipinski definition) is 0. The summed E-state index contributed by atoms with van der Waals surface area (Å²) in [7, 11) is 0. The molecule has 1 fully saturated rings. The molecule has 2 heterocycles. The van der Waals surface area contributed by atoms with E-state index in [9.17, 15) is 9.18 Å². The number of aromatic nitrogens is 1. The van der Waals surface area contributed by atoms with Crippen LogP contribution in [0.15, 0.2) is 34.9 Å². The molecule has 4 nitrogen and oxygen atoms in total. The lowest BCUT2D eigenvalue weighted by atomic mass is 10.1. The molecule has 2 aromatic rings. The van der Waals surface area contributed by atoms with Gasteiger partial charge in [0.15, 0.2) is 5.76 Å². The molecular weight excluding hydrogens is 271 g/mol. The Morgan fingerprint density at radius 2 is 2.33 bits per heavy atom. The van der Waals surface area contributed by atoms with Gasteiger partial charge in [-0.05, 0) is 37.5 Å². The predicted molar refractivity (Wildman–Crippen MR) is 75.0 cm³/mol. The second kappa shape index (κ2) is 5.68. The summed E-state index contributed by atoms with van der Waals surface area (Å²) in [6, 6.07) is 8.00. The van der Waals surface area contributed by atoms with Crippen molar-refractivity contribution < 1.29 is 13.7 Å². The number of halogens is 1. The van der Waals surface area contributed by atoms with Crippen LogP contribution in [0.4, 0.5) is 4.39 Å². The van der Waals surface area contributed by atoms with Crippen LogP contribution < -0.4 is 0 Å². The molecule has 0 radical (unpaired) electrons. The Morgan fingerprint density at radius 3 is 3.05 bits per heavy atom. The van der Waals surface area contributed by atoms with Gasteiger partial charge in [-0.1, -0.05) is 17.3 Å². The number of carbonyl (C=O) groups excluding carboxylic acids is 1. The van der Waals surface area contributed by atoms with Crippen molar-refractivity contribution in [3.05, 3.63) is 53.2 Å². The van der Waals surface area contributed by atoms with Crippen LogP contribution in [-0.4, -0.2) is 22.5 Å². The Hall–Kier alpha value is -2.17. The zero-order valence-corrected chi connectivity index (χ0v) is 11.9. The van der Waals surface area contributed by atoms with E-state index >= 15 is 0 Å². The summed E-state index contributed by atoms with van der Waals surface area (Å²) in [4.78, 5) is 14.3. The Balaban J connectivity index is 1.74. The second-order valence-electron chi connectivity index (χ2n) is 5.42. The van der Waals surface area contributed by atoms with E-state index in [2.05, 4.69) is 5.16 Å². The summed E-state index contributed by atoms with van der Waals surface area (Å²) in [5.74, 6) is 0.416. The number of benzene rings is 1. The maximum Gasteiger partial charge on any atom is 0.227 e. The van der Waals surface area contributed by atoms with Crippen molar-refractivity contribution in [2.45, 2.75) is 32.2 Å². The molecular formula is C16H17FN2O2. The Labute approximate surface area is 122 Å². The van der Waals surface area contributed by atoms with Crippen molar-refractivity contribution in [2.24, 2.45) is 0 Å². The van der Waals surface area contributed by atoms with Gasteiger partial charge in [0.1, 0.15) is 5.82 Å². The Bertz CT molecular complexity index is 653. The van der Waals surface area contributed by atoms with Gasteiger partial charge in [0, 0.05) is 12.6 Å². The van der Waals surface area contributed by atoms with Crippen molar-refractivity contribution in [1.29, 1.82) is 0 Å². The molecule has 0 saturated carbocycles. The molecule has 1 aliphatic rings. The third kappa shape index (κ3) is 2.96. The fraction of sp³-hybridized carbons (Fsp3) is 0.375. The van der Waals surface area contributed by atoms with E-state index in [1.165, 1.54) is 12.1 Å². The number of amides is 1. The van der Waals surface area contributed by atoms with E-state index in [-0.39, 0.29) is 24.2 Å². The highest BCUT2D eigenvalue weighted by Gasteiger charge is 2.32. The quantitative estimate of drug-likeness (QED) is 0.872. The molecule has 0 aliphatic carbocycles. The first-order chi connectivity index (χ1) is 10.1. The minimum atomic E-state index is -0.316. The first-order valence-corrected chi connectivity index (χ1v) is 7.10. The highest BCUT2D eigenvalue weighted by atomic mass is 19.1. The topological polar surface area (TPSA) is 46.3 Å². The fourth-order valence-corrected chi connectivity index (χ4v) is 2.82. The molecule has 1 aliphatic heterocycles. The molecule has 0 unspecified atom stereocenters. The monoisotopic (exact) mass is 288 g/mol. The first-order valence-electron chi connectivity index (χ1n) is 7.10. The molecule has 0 bridgehead atoms. The molecule has 1 aromatic heterocycles. The molecule has 5 heteroatoms. The van der Waals surface area contributed by atoms with Gasteiger partial charge in [-0.3, -0.25) is 4.79 Å². The van der Waals surface area contributed by atoms with E-state index in [1.54, 1.807) is 12.1 Å². The fourth-order valence-electron chi connectivity index (χ4n) is 2.82. The number of aryl methyl sites for hydroxylation is 1. The zero-order chi connectivity index (χ0) is 14.8. The van der Waals surface area contributed by atoms with Crippen molar-refractivity contribution in [1.82, 2.24) is 10.1 Å². The molecule has 0 spiro atoms. The van der Waals surface area contributed by atoms with Crippen LogP contribution in [0.3, 0.4) is 0 Å². The van der Waals surface area contributed by atoms with Crippen LogP contribution in [0.5, 0.6) is 0 Å². The summed E-state index contributed by atoms with van der Waals surface area (Å²) >= 11 is 0. The van der Waals surface area contributed by atoms with Gasteiger partial charge in [-0.25, -0.2) is 4.39 Å². The third-order valence-corrected chi connectivity index (χ3v) is 3.79. The molecule has 21 heavy (non-hydrogen) atoms. The van der Waals surface area contributed by atoms with Gasteiger partial charge in [-0.15, -0.1) is 0 Å². The van der Waals surface area contributed by atoms with Crippen LogP contribution in [0.25, 0.3) is 0 Å². The predicted octanol–water partition coefficient (Wildman–Crippen LogP) is 3.03. The standard InChI is InChI=1S/C16H17FN2O2/c1-11-8-15(21-18-11)14-6-3-7-19(14)16(20)10-12-4-2-5-13(17)9-12/h2,4-5,8-9,14H,3,6-7,10H2,1H3/t14-/m0/s1. The minimum Gasteiger partial charge on any atom is -0.359 e. The molecule has 1 aromatic carbocycles. The van der Waals surface area contributed by atoms with E-state index in [0.717, 1.165) is 24.3 Å². The van der Waals surface area contributed by atoms with E-state index in [4.69, 9.17) is 4.52 Å². The number of carbonyl (C=O) groups is 1. The average molecular weight is 288 g/mol. The van der Waals surface area contributed by atoms with Crippen LogP contribution in [0, 0.1) is 12.7 Å². The van der Waals surface area contributed by atoms with Crippen LogP contribution in [0.1, 0.15) is 35.9 Å². The molecule has 0 N–H and O–H groups in total. The third-order valence-electron chi connectivity index (χ3n) is 3.79. The van der Waals surface area contributed by atoms with Gasteiger partial charge in [-0.2, -0.15) is 0 Å². The normalized spacial score (nSPS) is 18.2. The summed E-state index contributed by atoms with van der Waals surface area (Å²) in [6.07, 6.45) is 2.03. The maximum atomic E-state index is 13.2. The number of likely N-dealkylation sites (tertiary alicyclic amines) is 1. The van der Waals surface area contributed by atoms with Gasteiger partial charge in [0.05, 0.1) is 18.2 Å². The summed E-state index contributed by atoms with van der Waals surface area (Å²) in [5, 5.41) is 3.89. The Kier molecular flexibility index (Phi) is 3.73. The van der Waals surface area contributed by atoms with Crippen LogP contribution in [-0.2, 0) is 11.2 Å². The van der Waals surface area contributed by atoms with Gasteiger partial charge >= 0.3 is 0 Å². The maximum absolute atomic E-state index is 13.2. The largest absolute Gasteiger partial charge is 0.359 e. The summed E-state index contributed by atoms with van der Waals surface area (Å²) < 4.78 is 18.5. The lowest BCUT2D eigenvalue weighted by molar-refractivity contribution is -0.131. The SMILES string of the molecule is Cc1cc([C@@H]2CCCN2C(=O)Cc2cccc(F)c2)on1. The lowest BCUT2D eigenvalue weighted by Gasteiger charge is -2.22. The zero-order valence-electron chi connectivity index (χ0n) is 11.9. The smallest absolute Gasteiger partial charge is 0.227 e. The lowest BCUT2D eigenvalue weighted by Crippen LogP contribution is -2.31.